The molecule has 0 saturated heterocycles. The molecule has 0 radical (unpaired) electrons. The van der Waals surface area contributed by atoms with Crippen molar-refractivity contribution >= 4 is 17.7 Å². The van der Waals surface area contributed by atoms with Gasteiger partial charge in [0.25, 0.3) is 5.91 Å². The van der Waals surface area contributed by atoms with Crippen LogP contribution in [0.1, 0.15) is 36.5 Å². The SMILES string of the molecule is CCSC1CCC(NC(=O)c2cccnc2F)C1. The van der Waals surface area contributed by atoms with Crippen molar-refractivity contribution < 1.29 is 9.18 Å². The Hall–Kier alpha value is -1.10. The lowest BCUT2D eigenvalue weighted by Gasteiger charge is -2.13. The van der Waals surface area contributed by atoms with Crippen molar-refractivity contribution in [1.29, 1.82) is 0 Å². The summed E-state index contributed by atoms with van der Waals surface area (Å²) in [5.74, 6) is 0.0444. The summed E-state index contributed by atoms with van der Waals surface area (Å²) in [6.07, 6.45) is 4.42. The molecule has 1 saturated carbocycles. The standard InChI is InChI=1S/C13H17FN2OS/c1-2-18-10-6-5-9(8-10)16-13(17)11-4-3-7-15-12(11)14/h3-4,7,9-10H,2,5-6,8H2,1H3,(H,16,17). The molecule has 2 atom stereocenters. The third-order valence-corrected chi connectivity index (χ3v) is 4.36. The monoisotopic (exact) mass is 268 g/mol. The van der Waals surface area contributed by atoms with Gasteiger partial charge in [-0.3, -0.25) is 4.79 Å². The van der Waals surface area contributed by atoms with Gasteiger partial charge in [-0.25, -0.2) is 4.98 Å². The van der Waals surface area contributed by atoms with Crippen LogP contribution in [0, 0.1) is 5.95 Å². The maximum absolute atomic E-state index is 13.3. The fraction of sp³-hybridized carbons (Fsp3) is 0.538. The van der Waals surface area contributed by atoms with E-state index in [1.54, 1.807) is 6.07 Å². The number of nitrogens with zero attached hydrogens (tertiary/aromatic N) is 1. The number of halogens is 1. The number of hydrogen-bond donors (Lipinski definition) is 1. The molecule has 0 aromatic carbocycles. The lowest BCUT2D eigenvalue weighted by atomic mass is 10.2. The van der Waals surface area contributed by atoms with Gasteiger partial charge >= 0.3 is 0 Å². The van der Waals surface area contributed by atoms with E-state index in [-0.39, 0.29) is 17.5 Å². The van der Waals surface area contributed by atoms with Gasteiger partial charge in [-0.1, -0.05) is 6.92 Å². The first-order valence-electron chi connectivity index (χ1n) is 6.23. The quantitative estimate of drug-likeness (QED) is 0.854. The zero-order valence-corrected chi connectivity index (χ0v) is 11.2. The predicted octanol–water partition coefficient (Wildman–Crippen LogP) is 2.62. The van der Waals surface area contributed by atoms with E-state index in [0.717, 1.165) is 25.0 Å². The van der Waals surface area contributed by atoms with Crippen molar-refractivity contribution in [3.63, 3.8) is 0 Å². The van der Waals surface area contributed by atoms with E-state index < -0.39 is 5.95 Å². The van der Waals surface area contributed by atoms with E-state index >= 15 is 0 Å². The topological polar surface area (TPSA) is 42.0 Å². The van der Waals surface area contributed by atoms with Gasteiger partial charge < -0.3 is 5.32 Å². The van der Waals surface area contributed by atoms with Crippen LogP contribution in [0.3, 0.4) is 0 Å². The van der Waals surface area contributed by atoms with Crippen molar-refractivity contribution in [3.8, 4) is 0 Å². The maximum atomic E-state index is 13.3. The molecule has 1 aliphatic carbocycles. The highest BCUT2D eigenvalue weighted by Crippen LogP contribution is 2.29. The van der Waals surface area contributed by atoms with E-state index in [2.05, 4.69) is 17.2 Å². The lowest BCUT2D eigenvalue weighted by molar-refractivity contribution is 0.0933. The van der Waals surface area contributed by atoms with Crippen LogP contribution < -0.4 is 5.32 Å². The lowest BCUT2D eigenvalue weighted by Crippen LogP contribution is -2.33. The summed E-state index contributed by atoms with van der Waals surface area (Å²) < 4.78 is 13.3. The Bertz CT molecular complexity index is 427. The van der Waals surface area contributed by atoms with Gasteiger partial charge in [0.1, 0.15) is 0 Å². The first-order chi connectivity index (χ1) is 8.70. The second kappa shape index (κ2) is 6.18. The van der Waals surface area contributed by atoms with Gasteiger partial charge in [-0.15, -0.1) is 0 Å². The van der Waals surface area contributed by atoms with Crippen molar-refractivity contribution in [3.05, 3.63) is 29.8 Å². The summed E-state index contributed by atoms with van der Waals surface area (Å²) in [4.78, 5) is 15.4. The van der Waals surface area contributed by atoms with Crippen LogP contribution in [-0.2, 0) is 0 Å². The molecule has 2 unspecified atom stereocenters. The van der Waals surface area contributed by atoms with Crippen LogP contribution in [0.15, 0.2) is 18.3 Å². The highest BCUT2D eigenvalue weighted by Gasteiger charge is 2.26. The smallest absolute Gasteiger partial charge is 0.256 e. The van der Waals surface area contributed by atoms with E-state index in [1.165, 1.54) is 12.3 Å². The fourth-order valence-corrected chi connectivity index (χ4v) is 3.42. The highest BCUT2D eigenvalue weighted by atomic mass is 32.2. The minimum Gasteiger partial charge on any atom is -0.349 e. The van der Waals surface area contributed by atoms with E-state index in [4.69, 9.17) is 0 Å². The molecule has 1 heterocycles. The first kappa shape index (κ1) is 13.3. The summed E-state index contributed by atoms with van der Waals surface area (Å²) in [5.41, 5.74) is 0.0316. The Morgan fingerprint density at radius 2 is 2.44 bits per heavy atom. The zero-order chi connectivity index (χ0) is 13.0. The largest absolute Gasteiger partial charge is 0.349 e. The average molecular weight is 268 g/mol. The molecule has 0 spiro atoms. The van der Waals surface area contributed by atoms with Crippen molar-refractivity contribution in [2.24, 2.45) is 0 Å². The normalized spacial score (nSPS) is 23.0. The molecule has 0 bridgehead atoms. The number of rotatable bonds is 4. The Balaban J connectivity index is 1.91. The summed E-state index contributed by atoms with van der Waals surface area (Å²) in [5, 5.41) is 3.52. The summed E-state index contributed by atoms with van der Waals surface area (Å²) in [6.45, 7) is 2.14. The summed E-state index contributed by atoms with van der Waals surface area (Å²) >= 11 is 1.93. The minimum atomic E-state index is -0.701. The number of amides is 1. The number of hydrogen-bond acceptors (Lipinski definition) is 3. The van der Waals surface area contributed by atoms with Gasteiger partial charge in [0.05, 0.1) is 5.56 Å². The molecule has 1 N–H and O–H groups in total. The van der Waals surface area contributed by atoms with E-state index in [0.29, 0.717) is 5.25 Å². The minimum absolute atomic E-state index is 0.0316. The molecule has 98 valence electrons. The zero-order valence-electron chi connectivity index (χ0n) is 10.4. The van der Waals surface area contributed by atoms with Gasteiger partial charge in [-0.05, 0) is 37.1 Å². The third-order valence-electron chi connectivity index (χ3n) is 3.13. The first-order valence-corrected chi connectivity index (χ1v) is 7.28. The average Bonchev–Trinajstić information content (AvgIpc) is 2.77. The molecule has 1 amide bonds. The number of aromatic nitrogens is 1. The molecule has 1 aromatic rings. The number of pyridine rings is 1. The number of carbonyl (C=O) groups is 1. The van der Waals surface area contributed by atoms with E-state index in [9.17, 15) is 9.18 Å². The highest BCUT2D eigenvalue weighted by molar-refractivity contribution is 7.99. The molecule has 1 fully saturated rings. The molecule has 3 nitrogen and oxygen atoms in total. The maximum Gasteiger partial charge on any atom is 0.256 e. The van der Waals surface area contributed by atoms with Crippen molar-refractivity contribution in [2.45, 2.75) is 37.5 Å². The Labute approximate surface area is 111 Å². The van der Waals surface area contributed by atoms with Gasteiger partial charge in [0.2, 0.25) is 5.95 Å². The molecule has 1 aromatic heterocycles. The van der Waals surface area contributed by atoms with Gasteiger partial charge in [0.15, 0.2) is 0 Å². The molecular formula is C13H17FN2OS. The van der Waals surface area contributed by atoms with Crippen LogP contribution in [0.5, 0.6) is 0 Å². The van der Waals surface area contributed by atoms with E-state index in [1.807, 2.05) is 11.8 Å². The Morgan fingerprint density at radius 3 is 3.17 bits per heavy atom. The Kier molecular flexibility index (Phi) is 4.58. The predicted molar refractivity (Wildman–Crippen MR) is 71.2 cm³/mol. The second-order valence-electron chi connectivity index (χ2n) is 4.40. The summed E-state index contributed by atoms with van der Waals surface area (Å²) in [7, 11) is 0. The molecule has 1 aliphatic rings. The van der Waals surface area contributed by atoms with Crippen LogP contribution in [0.25, 0.3) is 0 Å². The third kappa shape index (κ3) is 3.22. The number of thioether (sulfide) groups is 1. The molecule has 18 heavy (non-hydrogen) atoms. The Morgan fingerprint density at radius 1 is 1.61 bits per heavy atom. The molecule has 2 rings (SSSR count). The number of nitrogens with one attached hydrogen (secondary N) is 1. The van der Waals surface area contributed by atoms with Gasteiger partial charge in [0, 0.05) is 17.5 Å². The molecular weight excluding hydrogens is 251 g/mol. The molecule has 0 aliphatic heterocycles. The van der Waals surface area contributed by atoms with Crippen molar-refractivity contribution in [2.75, 3.05) is 5.75 Å². The summed E-state index contributed by atoms with van der Waals surface area (Å²) in [6, 6.07) is 3.20. The number of carbonyl (C=O) groups excluding carboxylic acids is 1. The second-order valence-corrected chi connectivity index (χ2v) is 5.98. The van der Waals surface area contributed by atoms with Crippen LogP contribution in [-0.4, -0.2) is 27.9 Å². The molecule has 5 heteroatoms. The fourth-order valence-electron chi connectivity index (χ4n) is 2.28. The van der Waals surface area contributed by atoms with Crippen LogP contribution >= 0.6 is 11.8 Å². The van der Waals surface area contributed by atoms with Crippen molar-refractivity contribution in [1.82, 2.24) is 10.3 Å². The van der Waals surface area contributed by atoms with Gasteiger partial charge in [-0.2, -0.15) is 16.2 Å². The van der Waals surface area contributed by atoms with Crippen LogP contribution in [0.4, 0.5) is 4.39 Å². The van der Waals surface area contributed by atoms with Crippen LogP contribution in [0.2, 0.25) is 0 Å².